The molecule has 0 aromatic heterocycles. The van der Waals surface area contributed by atoms with Crippen molar-refractivity contribution in [2.75, 3.05) is 26.2 Å². The summed E-state index contributed by atoms with van der Waals surface area (Å²) in [5.41, 5.74) is 0. The third kappa shape index (κ3) is 3.98. The van der Waals surface area contributed by atoms with Gasteiger partial charge in [0.25, 0.3) is 0 Å². The number of aliphatic carboxylic acids is 1. The topological polar surface area (TPSA) is 60.9 Å². The van der Waals surface area contributed by atoms with Crippen LogP contribution in [0.15, 0.2) is 0 Å². The number of likely N-dealkylation sites (N-methyl/N-ethyl adjacent to an activating group) is 1. The molecule has 18 heavy (non-hydrogen) atoms. The van der Waals surface area contributed by atoms with Gasteiger partial charge >= 0.3 is 5.97 Å². The lowest BCUT2D eigenvalue weighted by molar-refractivity contribution is -0.146. The SMILES string of the molecule is CCN(CC(=O)N1CCC(C(=O)O)CC1)C(C)C. The number of amides is 1. The van der Waals surface area contributed by atoms with Crippen LogP contribution < -0.4 is 0 Å². The van der Waals surface area contributed by atoms with Gasteiger partial charge in [0.05, 0.1) is 12.5 Å². The molecule has 5 nitrogen and oxygen atoms in total. The lowest BCUT2D eigenvalue weighted by atomic mass is 9.97. The molecule has 1 heterocycles. The Morgan fingerprint density at radius 1 is 1.33 bits per heavy atom. The van der Waals surface area contributed by atoms with E-state index >= 15 is 0 Å². The van der Waals surface area contributed by atoms with Gasteiger partial charge in [0, 0.05) is 19.1 Å². The van der Waals surface area contributed by atoms with Gasteiger partial charge < -0.3 is 10.0 Å². The van der Waals surface area contributed by atoms with Gasteiger partial charge in [-0.1, -0.05) is 6.92 Å². The average Bonchev–Trinajstić information content (AvgIpc) is 2.35. The van der Waals surface area contributed by atoms with Gasteiger partial charge in [0.1, 0.15) is 0 Å². The summed E-state index contributed by atoms with van der Waals surface area (Å²) in [7, 11) is 0. The molecule has 0 radical (unpaired) electrons. The van der Waals surface area contributed by atoms with Crippen LogP contribution in [0.4, 0.5) is 0 Å². The van der Waals surface area contributed by atoms with E-state index < -0.39 is 5.97 Å². The molecule has 0 aromatic rings. The molecule has 1 rings (SSSR count). The number of carbonyl (C=O) groups excluding carboxylic acids is 1. The van der Waals surface area contributed by atoms with E-state index in [1.54, 1.807) is 4.90 Å². The zero-order valence-corrected chi connectivity index (χ0v) is 11.6. The molecule has 0 bridgehead atoms. The number of piperidine rings is 1. The Morgan fingerprint density at radius 3 is 2.28 bits per heavy atom. The summed E-state index contributed by atoms with van der Waals surface area (Å²) in [6.45, 7) is 8.64. The van der Waals surface area contributed by atoms with Gasteiger partial charge in [-0.3, -0.25) is 14.5 Å². The van der Waals surface area contributed by atoms with Crippen LogP contribution in [0.25, 0.3) is 0 Å². The molecule has 0 spiro atoms. The predicted molar refractivity (Wildman–Crippen MR) is 69.3 cm³/mol. The van der Waals surface area contributed by atoms with Crippen LogP contribution in [0, 0.1) is 5.92 Å². The minimum absolute atomic E-state index is 0.120. The van der Waals surface area contributed by atoms with Crippen LogP contribution >= 0.6 is 0 Å². The number of carboxylic acid groups (broad SMARTS) is 1. The molecule has 104 valence electrons. The summed E-state index contributed by atoms with van der Waals surface area (Å²) >= 11 is 0. The standard InChI is InChI=1S/C13H24N2O3/c1-4-14(10(2)3)9-12(16)15-7-5-11(6-8-15)13(17)18/h10-11H,4-9H2,1-3H3,(H,17,18). The Hall–Kier alpha value is -1.10. The summed E-state index contributed by atoms with van der Waals surface area (Å²) < 4.78 is 0. The van der Waals surface area contributed by atoms with Crippen LogP contribution in [0.1, 0.15) is 33.6 Å². The smallest absolute Gasteiger partial charge is 0.306 e. The fourth-order valence-corrected chi connectivity index (χ4v) is 2.31. The highest BCUT2D eigenvalue weighted by molar-refractivity contribution is 5.79. The molecule has 1 fully saturated rings. The van der Waals surface area contributed by atoms with Crippen molar-refractivity contribution in [3.05, 3.63) is 0 Å². The third-order valence-corrected chi connectivity index (χ3v) is 3.67. The van der Waals surface area contributed by atoms with E-state index in [1.165, 1.54) is 0 Å². The largest absolute Gasteiger partial charge is 0.481 e. The summed E-state index contributed by atoms with van der Waals surface area (Å²) in [5, 5.41) is 8.91. The summed E-state index contributed by atoms with van der Waals surface area (Å²) in [4.78, 5) is 26.8. The zero-order chi connectivity index (χ0) is 13.7. The molecule has 0 aliphatic carbocycles. The molecule has 0 aromatic carbocycles. The molecule has 1 aliphatic heterocycles. The van der Waals surface area contributed by atoms with Gasteiger partial charge in [0.2, 0.25) is 5.91 Å². The fraction of sp³-hybridized carbons (Fsp3) is 0.846. The van der Waals surface area contributed by atoms with Gasteiger partial charge in [-0.25, -0.2) is 0 Å². The number of carboxylic acids is 1. The Kier molecular flexibility index (Phi) is 5.59. The highest BCUT2D eigenvalue weighted by atomic mass is 16.4. The van der Waals surface area contributed by atoms with Gasteiger partial charge in [0.15, 0.2) is 0 Å². The molecule has 0 unspecified atom stereocenters. The maximum Gasteiger partial charge on any atom is 0.306 e. The first-order valence-corrected chi connectivity index (χ1v) is 6.70. The third-order valence-electron chi connectivity index (χ3n) is 3.67. The van der Waals surface area contributed by atoms with Crippen molar-refractivity contribution in [1.29, 1.82) is 0 Å². The van der Waals surface area contributed by atoms with E-state index in [0.29, 0.717) is 38.5 Å². The number of nitrogens with zero attached hydrogens (tertiary/aromatic N) is 2. The number of likely N-dealkylation sites (tertiary alicyclic amines) is 1. The van der Waals surface area contributed by atoms with Crippen molar-refractivity contribution in [3.63, 3.8) is 0 Å². The number of carbonyl (C=O) groups is 2. The summed E-state index contributed by atoms with van der Waals surface area (Å²) in [6, 6.07) is 0.357. The molecule has 0 saturated carbocycles. The van der Waals surface area contributed by atoms with Crippen LogP contribution in [0.2, 0.25) is 0 Å². The molecule has 5 heteroatoms. The van der Waals surface area contributed by atoms with E-state index in [-0.39, 0.29) is 11.8 Å². The molecule has 1 N–H and O–H groups in total. The van der Waals surface area contributed by atoms with Crippen molar-refractivity contribution >= 4 is 11.9 Å². The van der Waals surface area contributed by atoms with Crippen molar-refractivity contribution in [2.45, 2.75) is 39.7 Å². The summed E-state index contributed by atoms with van der Waals surface area (Å²) in [5.74, 6) is -0.893. The minimum atomic E-state index is -0.737. The second-order valence-corrected chi connectivity index (χ2v) is 5.15. The highest BCUT2D eigenvalue weighted by Gasteiger charge is 2.27. The number of hydrogen-bond donors (Lipinski definition) is 1. The fourth-order valence-electron chi connectivity index (χ4n) is 2.31. The van der Waals surface area contributed by atoms with Crippen molar-refractivity contribution in [3.8, 4) is 0 Å². The van der Waals surface area contributed by atoms with E-state index in [0.717, 1.165) is 6.54 Å². The maximum atomic E-state index is 12.1. The Bertz CT molecular complexity index is 297. The zero-order valence-electron chi connectivity index (χ0n) is 11.6. The second kappa shape index (κ2) is 6.73. The van der Waals surface area contributed by atoms with Crippen LogP contribution in [0.5, 0.6) is 0 Å². The second-order valence-electron chi connectivity index (χ2n) is 5.15. The van der Waals surface area contributed by atoms with Crippen molar-refractivity contribution in [1.82, 2.24) is 9.80 Å². The number of hydrogen-bond acceptors (Lipinski definition) is 3. The van der Waals surface area contributed by atoms with Crippen LogP contribution in [-0.4, -0.2) is 59.0 Å². The molecular formula is C13H24N2O3. The lowest BCUT2D eigenvalue weighted by Gasteiger charge is -2.33. The highest BCUT2D eigenvalue weighted by Crippen LogP contribution is 2.17. The minimum Gasteiger partial charge on any atom is -0.481 e. The van der Waals surface area contributed by atoms with E-state index in [1.807, 2.05) is 6.92 Å². The van der Waals surface area contributed by atoms with E-state index in [9.17, 15) is 9.59 Å². The molecule has 0 atom stereocenters. The predicted octanol–water partition coefficient (Wildman–Crippen LogP) is 1.04. The molecular weight excluding hydrogens is 232 g/mol. The average molecular weight is 256 g/mol. The van der Waals surface area contributed by atoms with Gasteiger partial charge in [-0.05, 0) is 33.2 Å². The molecule has 1 saturated heterocycles. The molecule has 1 amide bonds. The summed E-state index contributed by atoms with van der Waals surface area (Å²) in [6.07, 6.45) is 1.16. The Labute approximate surface area is 109 Å². The van der Waals surface area contributed by atoms with Crippen LogP contribution in [0.3, 0.4) is 0 Å². The quantitative estimate of drug-likeness (QED) is 0.798. The van der Waals surface area contributed by atoms with E-state index in [2.05, 4.69) is 18.7 Å². The van der Waals surface area contributed by atoms with Crippen molar-refractivity contribution in [2.24, 2.45) is 5.92 Å². The van der Waals surface area contributed by atoms with E-state index in [4.69, 9.17) is 5.11 Å². The first-order valence-electron chi connectivity index (χ1n) is 6.70. The lowest BCUT2D eigenvalue weighted by Crippen LogP contribution is -2.46. The maximum absolute atomic E-state index is 12.1. The molecule has 1 aliphatic rings. The Morgan fingerprint density at radius 2 is 1.89 bits per heavy atom. The number of rotatable bonds is 5. The van der Waals surface area contributed by atoms with Gasteiger partial charge in [-0.2, -0.15) is 0 Å². The Balaban J connectivity index is 2.42. The normalized spacial score (nSPS) is 17.5. The first-order chi connectivity index (χ1) is 8.45. The van der Waals surface area contributed by atoms with Crippen molar-refractivity contribution < 1.29 is 14.7 Å². The first kappa shape index (κ1) is 15.0. The monoisotopic (exact) mass is 256 g/mol. The van der Waals surface area contributed by atoms with Gasteiger partial charge in [-0.15, -0.1) is 0 Å². The van der Waals surface area contributed by atoms with Crippen LogP contribution in [-0.2, 0) is 9.59 Å².